The van der Waals surface area contributed by atoms with E-state index in [1.165, 1.54) is 17.2 Å². The first-order valence-electron chi connectivity index (χ1n) is 11.6. The van der Waals surface area contributed by atoms with Gasteiger partial charge in [0, 0.05) is 25.3 Å². The lowest BCUT2D eigenvalue weighted by Crippen LogP contribution is -2.46. The van der Waals surface area contributed by atoms with Crippen LogP contribution in [-0.4, -0.2) is 55.0 Å². The van der Waals surface area contributed by atoms with Crippen LogP contribution in [0.15, 0.2) is 42.1 Å². The Hall–Kier alpha value is -2.52. The monoisotopic (exact) mass is 480 g/mol. The molecule has 4 nitrogen and oxygen atoms in total. The minimum atomic E-state index is -4.42. The molecular formula is C25H29F5N4. The van der Waals surface area contributed by atoms with E-state index in [4.69, 9.17) is 0 Å². The molecule has 0 amide bonds. The Morgan fingerprint density at radius 1 is 1.12 bits per heavy atom. The normalized spacial score (nSPS) is 20.4. The van der Waals surface area contributed by atoms with Crippen LogP contribution in [0, 0.1) is 5.82 Å². The number of hydrogen-bond acceptors (Lipinski definition) is 4. The zero-order valence-corrected chi connectivity index (χ0v) is 19.1. The number of nitrogens with one attached hydrogen (secondary N) is 2. The quantitative estimate of drug-likeness (QED) is 0.378. The minimum absolute atomic E-state index is 0.00601. The summed E-state index contributed by atoms with van der Waals surface area (Å²) in [4.78, 5) is 5.59. The van der Waals surface area contributed by atoms with Gasteiger partial charge in [0.1, 0.15) is 0 Å². The minimum Gasteiger partial charge on any atom is -0.381 e. The standard InChI is InChI=1S/C25H29F5N4/c1-16-13-19-18-6-3-2-5-17(18)14-20(19)24(34(16)15-25(28,29)30)23-22(27)21(7-10-33-23)32-12-11-31-9-4-8-26/h2-3,5-7,10,16,24,31H,4,8-9,11-15H2,1H3,(H,32,33)/t16-,24+/m1/s1. The Kier molecular flexibility index (Phi) is 7.52. The van der Waals surface area contributed by atoms with Gasteiger partial charge >= 0.3 is 6.18 Å². The Balaban J connectivity index is 1.66. The van der Waals surface area contributed by atoms with Crippen LogP contribution >= 0.6 is 0 Å². The largest absolute Gasteiger partial charge is 0.401 e. The summed E-state index contributed by atoms with van der Waals surface area (Å²) >= 11 is 0. The molecule has 2 aliphatic rings. The summed E-state index contributed by atoms with van der Waals surface area (Å²) < 4.78 is 68.6. The summed E-state index contributed by atoms with van der Waals surface area (Å²) in [6, 6.07) is 7.93. The Labute approximate surface area is 196 Å². The first kappa shape index (κ1) is 24.6. The van der Waals surface area contributed by atoms with E-state index in [-0.39, 0.29) is 11.4 Å². The first-order valence-corrected chi connectivity index (χ1v) is 11.6. The van der Waals surface area contributed by atoms with Crippen LogP contribution in [0.3, 0.4) is 0 Å². The smallest absolute Gasteiger partial charge is 0.381 e. The van der Waals surface area contributed by atoms with Gasteiger partial charge < -0.3 is 10.6 Å². The van der Waals surface area contributed by atoms with Crippen LogP contribution in [0.2, 0.25) is 0 Å². The van der Waals surface area contributed by atoms with Crippen molar-refractivity contribution in [3.8, 4) is 0 Å². The molecule has 1 aromatic carbocycles. The van der Waals surface area contributed by atoms with Crippen molar-refractivity contribution in [2.24, 2.45) is 0 Å². The number of benzene rings is 1. The summed E-state index contributed by atoms with van der Waals surface area (Å²) in [5.74, 6) is -0.639. The highest BCUT2D eigenvalue weighted by atomic mass is 19.4. The second-order valence-electron chi connectivity index (χ2n) is 8.86. The Morgan fingerprint density at radius 2 is 1.91 bits per heavy atom. The number of fused-ring (bicyclic) bond motifs is 2. The summed E-state index contributed by atoms with van der Waals surface area (Å²) in [6.07, 6.45) is -1.63. The Bertz CT molecular complexity index is 1040. The average molecular weight is 481 g/mol. The van der Waals surface area contributed by atoms with Crippen molar-refractivity contribution in [3.05, 3.63) is 64.7 Å². The third kappa shape index (κ3) is 5.25. The molecule has 2 N–H and O–H groups in total. The van der Waals surface area contributed by atoms with Crippen molar-refractivity contribution in [1.29, 1.82) is 0 Å². The molecule has 2 heterocycles. The highest BCUT2D eigenvalue weighted by Gasteiger charge is 2.45. The van der Waals surface area contributed by atoms with Crippen molar-refractivity contribution >= 4 is 11.3 Å². The van der Waals surface area contributed by atoms with Gasteiger partial charge in [0.2, 0.25) is 0 Å². The fourth-order valence-corrected chi connectivity index (χ4v) is 4.99. The topological polar surface area (TPSA) is 40.2 Å². The van der Waals surface area contributed by atoms with Crippen LogP contribution in [0.25, 0.3) is 5.57 Å². The number of anilines is 1. The summed E-state index contributed by atoms with van der Waals surface area (Å²) in [6.45, 7) is 1.63. The Morgan fingerprint density at radius 3 is 2.68 bits per heavy atom. The molecule has 34 heavy (non-hydrogen) atoms. The molecule has 0 unspecified atom stereocenters. The number of rotatable bonds is 9. The number of aromatic nitrogens is 1. The summed E-state index contributed by atoms with van der Waals surface area (Å²) in [7, 11) is 0. The molecule has 0 saturated carbocycles. The highest BCUT2D eigenvalue weighted by Crippen LogP contribution is 2.49. The van der Waals surface area contributed by atoms with Crippen LogP contribution < -0.4 is 10.6 Å². The highest BCUT2D eigenvalue weighted by molar-refractivity contribution is 5.79. The maximum atomic E-state index is 15.7. The van der Waals surface area contributed by atoms with Gasteiger partial charge in [0.05, 0.1) is 30.6 Å². The molecule has 0 saturated heterocycles. The van der Waals surface area contributed by atoms with E-state index < -0.39 is 37.3 Å². The van der Waals surface area contributed by atoms with Gasteiger partial charge in [0.15, 0.2) is 5.82 Å². The van der Waals surface area contributed by atoms with Gasteiger partial charge in [-0.05, 0) is 61.1 Å². The number of hydrogen-bond donors (Lipinski definition) is 2. The van der Waals surface area contributed by atoms with Crippen molar-refractivity contribution in [2.45, 2.75) is 44.4 Å². The molecule has 1 aliphatic carbocycles. The SMILES string of the molecule is C[C@@H]1CC2=C(Cc3ccccc32)[C@@H](c2nccc(NCCNCCCF)c2F)N1CC(F)(F)F. The van der Waals surface area contributed by atoms with E-state index in [2.05, 4.69) is 15.6 Å². The van der Waals surface area contributed by atoms with Crippen LogP contribution in [0.5, 0.6) is 0 Å². The molecule has 0 fully saturated rings. The molecule has 0 radical (unpaired) electrons. The van der Waals surface area contributed by atoms with E-state index in [9.17, 15) is 17.6 Å². The lowest BCUT2D eigenvalue weighted by atomic mass is 9.86. The first-order chi connectivity index (χ1) is 16.3. The van der Waals surface area contributed by atoms with Gasteiger partial charge in [-0.25, -0.2) is 4.39 Å². The zero-order valence-electron chi connectivity index (χ0n) is 19.1. The van der Waals surface area contributed by atoms with E-state index in [0.29, 0.717) is 38.9 Å². The van der Waals surface area contributed by atoms with Crippen LogP contribution in [-0.2, 0) is 6.42 Å². The predicted octanol–water partition coefficient (Wildman–Crippen LogP) is 5.29. The van der Waals surface area contributed by atoms with E-state index >= 15 is 4.39 Å². The molecule has 4 rings (SSSR count). The second-order valence-corrected chi connectivity index (χ2v) is 8.86. The van der Waals surface area contributed by atoms with Crippen molar-refractivity contribution < 1.29 is 22.0 Å². The van der Waals surface area contributed by atoms with Gasteiger partial charge in [-0.3, -0.25) is 14.3 Å². The lowest BCUT2D eigenvalue weighted by Gasteiger charge is -2.42. The number of halogens is 5. The predicted molar refractivity (Wildman–Crippen MR) is 123 cm³/mol. The van der Waals surface area contributed by atoms with Crippen LogP contribution in [0.1, 0.15) is 42.6 Å². The van der Waals surface area contributed by atoms with Gasteiger partial charge in [-0.1, -0.05) is 24.3 Å². The maximum Gasteiger partial charge on any atom is 0.401 e. The molecule has 2 atom stereocenters. The second kappa shape index (κ2) is 10.4. The number of nitrogens with zero attached hydrogens (tertiary/aromatic N) is 2. The third-order valence-electron chi connectivity index (χ3n) is 6.48. The molecule has 0 spiro atoms. The molecule has 1 aromatic heterocycles. The maximum absolute atomic E-state index is 15.7. The van der Waals surface area contributed by atoms with Crippen LogP contribution in [0.4, 0.5) is 27.6 Å². The number of pyridine rings is 1. The van der Waals surface area contributed by atoms with Crippen molar-refractivity contribution in [2.75, 3.05) is 38.2 Å². The lowest BCUT2D eigenvalue weighted by molar-refractivity contribution is -0.155. The number of alkyl halides is 4. The van der Waals surface area contributed by atoms with Crippen molar-refractivity contribution in [1.82, 2.24) is 15.2 Å². The molecular weight excluding hydrogens is 451 g/mol. The summed E-state index contributed by atoms with van der Waals surface area (Å²) in [5.41, 5.74) is 4.08. The van der Waals surface area contributed by atoms with Gasteiger partial charge in [-0.15, -0.1) is 0 Å². The van der Waals surface area contributed by atoms with E-state index in [1.54, 1.807) is 6.92 Å². The molecule has 9 heteroatoms. The molecule has 2 aromatic rings. The molecule has 0 bridgehead atoms. The molecule has 184 valence electrons. The zero-order chi connectivity index (χ0) is 24.3. The van der Waals surface area contributed by atoms with E-state index in [0.717, 1.165) is 22.3 Å². The third-order valence-corrected chi connectivity index (χ3v) is 6.48. The molecule has 1 aliphatic heterocycles. The summed E-state index contributed by atoms with van der Waals surface area (Å²) in [5, 5.41) is 6.04. The van der Waals surface area contributed by atoms with E-state index in [1.807, 2.05) is 24.3 Å². The van der Waals surface area contributed by atoms with Gasteiger partial charge in [-0.2, -0.15) is 13.2 Å². The fraction of sp³-hybridized carbons (Fsp3) is 0.480. The van der Waals surface area contributed by atoms with Crippen molar-refractivity contribution in [3.63, 3.8) is 0 Å². The van der Waals surface area contributed by atoms with Gasteiger partial charge in [0.25, 0.3) is 0 Å². The fourth-order valence-electron chi connectivity index (χ4n) is 4.99. The average Bonchev–Trinajstić information content (AvgIpc) is 3.15.